The maximum Gasteiger partial charge on any atom is 0.161 e. The van der Waals surface area contributed by atoms with E-state index in [-0.39, 0.29) is 0 Å². The summed E-state index contributed by atoms with van der Waals surface area (Å²) in [6.07, 6.45) is 4.22. The monoisotopic (exact) mass is 300 g/mol. The van der Waals surface area contributed by atoms with Crippen molar-refractivity contribution >= 4 is 0 Å². The molecule has 2 aromatic rings. The second-order valence-corrected chi connectivity index (χ2v) is 5.86. The third kappa shape index (κ3) is 2.97. The zero-order chi connectivity index (χ0) is 15.5. The van der Waals surface area contributed by atoms with Crippen LogP contribution in [0.15, 0.2) is 30.5 Å². The molecule has 0 N–H and O–H groups in total. The van der Waals surface area contributed by atoms with Crippen molar-refractivity contribution in [3.05, 3.63) is 47.3 Å². The van der Waals surface area contributed by atoms with E-state index in [0.29, 0.717) is 0 Å². The molecule has 3 rings (SSSR count). The summed E-state index contributed by atoms with van der Waals surface area (Å²) < 4.78 is 13.1. The van der Waals surface area contributed by atoms with Crippen molar-refractivity contribution < 1.29 is 9.47 Å². The molecule has 4 nitrogen and oxygen atoms in total. The Bertz CT molecular complexity index is 614. The first-order chi connectivity index (χ1) is 10.7. The topological polar surface area (TPSA) is 26.6 Å². The van der Waals surface area contributed by atoms with Gasteiger partial charge in [-0.1, -0.05) is 0 Å². The van der Waals surface area contributed by atoms with E-state index >= 15 is 0 Å². The average Bonchev–Trinajstić information content (AvgIpc) is 2.83. The molecule has 1 aromatic carbocycles. The van der Waals surface area contributed by atoms with Crippen molar-refractivity contribution in [2.24, 2.45) is 7.05 Å². The number of aromatic nitrogens is 1. The van der Waals surface area contributed by atoms with Gasteiger partial charge in [-0.15, -0.1) is 0 Å². The zero-order valence-electron chi connectivity index (χ0n) is 13.6. The van der Waals surface area contributed by atoms with Crippen molar-refractivity contribution in [2.75, 3.05) is 27.3 Å². The lowest BCUT2D eigenvalue weighted by molar-refractivity contribution is 0.273. The number of rotatable bonds is 4. The van der Waals surface area contributed by atoms with Gasteiger partial charge < -0.3 is 14.0 Å². The highest BCUT2D eigenvalue weighted by Gasteiger charge is 2.17. The molecular formula is C18H24N2O2. The molecule has 0 atom stereocenters. The Labute approximate surface area is 132 Å². The Morgan fingerprint density at radius 2 is 1.59 bits per heavy atom. The van der Waals surface area contributed by atoms with E-state index in [1.165, 1.54) is 16.8 Å². The van der Waals surface area contributed by atoms with Gasteiger partial charge in [0.25, 0.3) is 0 Å². The van der Waals surface area contributed by atoms with Gasteiger partial charge in [0.2, 0.25) is 0 Å². The number of fused-ring (bicyclic) bond motifs is 1. The van der Waals surface area contributed by atoms with Crippen LogP contribution in [0.3, 0.4) is 0 Å². The van der Waals surface area contributed by atoms with Crippen LogP contribution in [-0.4, -0.2) is 36.8 Å². The van der Waals surface area contributed by atoms with Gasteiger partial charge in [-0.3, -0.25) is 4.90 Å². The van der Waals surface area contributed by atoms with Gasteiger partial charge in [-0.2, -0.15) is 0 Å². The quantitative estimate of drug-likeness (QED) is 0.868. The molecule has 0 bridgehead atoms. The predicted octanol–water partition coefficient (Wildman–Crippen LogP) is 2.64. The van der Waals surface area contributed by atoms with Gasteiger partial charge in [0.15, 0.2) is 11.5 Å². The minimum absolute atomic E-state index is 0.831. The number of hydrogen-bond donors (Lipinski definition) is 0. The van der Waals surface area contributed by atoms with E-state index in [0.717, 1.165) is 44.0 Å². The van der Waals surface area contributed by atoms with Gasteiger partial charge in [-0.25, -0.2) is 0 Å². The van der Waals surface area contributed by atoms with Crippen molar-refractivity contribution in [3.63, 3.8) is 0 Å². The highest BCUT2D eigenvalue weighted by atomic mass is 16.5. The molecule has 118 valence electrons. The fourth-order valence-corrected chi connectivity index (χ4v) is 3.15. The summed E-state index contributed by atoms with van der Waals surface area (Å²) in [5.74, 6) is 1.66. The molecule has 0 saturated heterocycles. The smallest absolute Gasteiger partial charge is 0.161 e. The minimum atomic E-state index is 0.831. The Morgan fingerprint density at radius 1 is 1.00 bits per heavy atom. The van der Waals surface area contributed by atoms with Crippen LogP contribution in [0.5, 0.6) is 11.5 Å². The molecule has 22 heavy (non-hydrogen) atoms. The molecule has 0 radical (unpaired) electrons. The first-order valence-electron chi connectivity index (χ1n) is 7.77. The highest BCUT2D eigenvalue weighted by molar-refractivity contribution is 5.48. The van der Waals surface area contributed by atoms with E-state index in [1.807, 2.05) is 0 Å². The molecule has 0 spiro atoms. The molecule has 1 aliphatic heterocycles. The number of hydrogen-bond acceptors (Lipinski definition) is 3. The summed E-state index contributed by atoms with van der Waals surface area (Å²) >= 11 is 0. The maximum absolute atomic E-state index is 5.43. The summed E-state index contributed by atoms with van der Waals surface area (Å²) in [7, 11) is 5.50. The molecule has 0 saturated carbocycles. The molecule has 0 amide bonds. The van der Waals surface area contributed by atoms with E-state index in [2.05, 4.69) is 47.0 Å². The normalized spacial score (nSPS) is 15.2. The molecule has 0 unspecified atom stereocenters. The van der Waals surface area contributed by atoms with Crippen LogP contribution in [0, 0.1) is 0 Å². The van der Waals surface area contributed by atoms with Crippen LogP contribution in [0.4, 0.5) is 0 Å². The van der Waals surface area contributed by atoms with Crippen molar-refractivity contribution in [3.8, 4) is 11.5 Å². The Balaban J connectivity index is 1.76. The molecule has 0 fully saturated rings. The van der Waals surface area contributed by atoms with Crippen LogP contribution in [0.25, 0.3) is 0 Å². The fourth-order valence-electron chi connectivity index (χ4n) is 3.15. The van der Waals surface area contributed by atoms with E-state index in [4.69, 9.17) is 9.47 Å². The summed E-state index contributed by atoms with van der Waals surface area (Å²) in [4.78, 5) is 2.52. The van der Waals surface area contributed by atoms with E-state index < -0.39 is 0 Å². The van der Waals surface area contributed by atoms with Gasteiger partial charge in [-0.05, 0) is 48.2 Å². The molecule has 1 aromatic heterocycles. The molecular weight excluding hydrogens is 276 g/mol. The van der Waals surface area contributed by atoms with Crippen molar-refractivity contribution in [1.82, 2.24) is 9.47 Å². The number of nitrogens with zero attached hydrogens (tertiary/aromatic N) is 2. The summed E-state index contributed by atoms with van der Waals surface area (Å²) in [6.45, 7) is 3.16. The Hall–Kier alpha value is -1.94. The Morgan fingerprint density at radius 3 is 2.05 bits per heavy atom. The molecule has 1 aliphatic rings. The van der Waals surface area contributed by atoms with Gasteiger partial charge in [0, 0.05) is 38.6 Å². The number of benzene rings is 1. The first kappa shape index (κ1) is 15.0. The van der Waals surface area contributed by atoms with Crippen LogP contribution in [0.2, 0.25) is 0 Å². The lowest BCUT2D eigenvalue weighted by Gasteiger charge is -2.20. The van der Waals surface area contributed by atoms with Crippen LogP contribution in [0.1, 0.15) is 16.8 Å². The van der Waals surface area contributed by atoms with Crippen molar-refractivity contribution in [1.29, 1.82) is 0 Å². The van der Waals surface area contributed by atoms with E-state index in [9.17, 15) is 0 Å². The summed E-state index contributed by atoms with van der Waals surface area (Å²) in [5, 5.41) is 0. The largest absolute Gasteiger partial charge is 0.493 e. The number of ether oxygens (including phenoxy) is 2. The average molecular weight is 300 g/mol. The van der Waals surface area contributed by atoms with Crippen molar-refractivity contribution in [2.45, 2.75) is 19.4 Å². The van der Waals surface area contributed by atoms with Gasteiger partial charge >= 0.3 is 0 Å². The maximum atomic E-state index is 5.43. The number of aryl methyl sites for hydroxylation is 1. The molecule has 4 heteroatoms. The number of methoxy groups -OCH3 is 2. The molecule has 0 aliphatic carbocycles. The van der Waals surface area contributed by atoms with Gasteiger partial charge in [0.05, 0.1) is 14.2 Å². The third-order valence-corrected chi connectivity index (χ3v) is 4.54. The lowest BCUT2D eigenvalue weighted by Crippen LogP contribution is -2.26. The standard InChI is InChI=1S/C18H24N2O2/c1-19-8-4-5-16(19)13-20-9-6-14-11-17(21-2)18(22-3)12-15(14)7-10-20/h4-5,8,11-12H,6-7,9-10,13H2,1-3H3. The fraction of sp³-hybridized carbons (Fsp3) is 0.444. The second kappa shape index (κ2) is 6.44. The van der Waals surface area contributed by atoms with Crippen LogP contribution in [-0.2, 0) is 26.4 Å². The van der Waals surface area contributed by atoms with E-state index in [1.54, 1.807) is 14.2 Å². The van der Waals surface area contributed by atoms with Crippen LogP contribution < -0.4 is 9.47 Å². The van der Waals surface area contributed by atoms with Gasteiger partial charge in [0.1, 0.15) is 0 Å². The summed E-state index contributed by atoms with van der Waals surface area (Å²) in [6, 6.07) is 8.59. The summed E-state index contributed by atoms with van der Waals surface area (Å²) in [5.41, 5.74) is 4.13. The Kier molecular flexibility index (Phi) is 4.39. The third-order valence-electron chi connectivity index (χ3n) is 4.54. The lowest BCUT2D eigenvalue weighted by atomic mass is 10.0. The second-order valence-electron chi connectivity index (χ2n) is 5.86. The SMILES string of the molecule is COc1cc2c(cc1OC)CCN(Cc1cccn1C)CC2. The highest BCUT2D eigenvalue weighted by Crippen LogP contribution is 2.32. The zero-order valence-corrected chi connectivity index (χ0v) is 13.6. The van der Waals surface area contributed by atoms with Crippen LogP contribution >= 0.6 is 0 Å². The first-order valence-corrected chi connectivity index (χ1v) is 7.77. The molecule has 2 heterocycles. The minimum Gasteiger partial charge on any atom is -0.493 e. The predicted molar refractivity (Wildman–Crippen MR) is 87.6 cm³/mol.